The lowest BCUT2D eigenvalue weighted by atomic mass is 9.43. The molecule has 4 heterocycles. The maximum Gasteiger partial charge on any atom is 0.302 e. The van der Waals surface area contributed by atoms with Crippen LogP contribution >= 0.6 is 0 Å². The number of pyridine rings is 1. The monoisotopic (exact) mass is 754 g/mol. The summed E-state index contributed by atoms with van der Waals surface area (Å²) in [6, 6.07) is 8.39. The molecule has 15 atom stereocenters. The van der Waals surface area contributed by atoms with E-state index in [1.165, 1.54) is 39.0 Å². The number of fused-ring (bicyclic) bond motifs is 9. The summed E-state index contributed by atoms with van der Waals surface area (Å²) in [5, 5.41) is 13.1. The van der Waals surface area contributed by atoms with Gasteiger partial charge in [-0.3, -0.25) is 19.5 Å². The predicted octanol–water partition coefficient (Wildman–Crippen LogP) is 8.87. The normalized spacial score (nSPS) is 40.3. The topological polar surface area (TPSA) is 98.2 Å². The summed E-state index contributed by atoms with van der Waals surface area (Å²) < 4.78 is 17.7. The van der Waals surface area contributed by atoms with Gasteiger partial charge in [0.2, 0.25) is 0 Å². The van der Waals surface area contributed by atoms with Crippen LogP contribution < -0.4 is 4.74 Å². The summed E-state index contributed by atoms with van der Waals surface area (Å²) in [7, 11) is 1.70. The van der Waals surface area contributed by atoms with Crippen LogP contribution in [0.1, 0.15) is 123 Å². The average Bonchev–Trinajstić information content (AvgIpc) is 3.53. The third-order valence-corrected chi connectivity index (χ3v) is 16.8. The summed E-state index contributed by atoms with van der Waals surface area (Å²) in [4.78, 5) is 32.2. The zero-order chi connectivity index (χ0) is 38.8. The van der Waals surface area contributed by atoms with E-state index in [0.29, 0.717) is 47.3 Å². The maximum absolute atomic E-state index is 12.6. The molecule has 1 N–H and O–H groups in total. The van der Waals surface area contributed by atoms with Crippen molar-refractivity contribution in [1.82, 2.24) is 9.88 Å². The number of benzene rings is 1. The minimum atomic E-state index is -0.592. The molecule has 1 unspecified atom stereocenters. The quantitative estimate of drug-likeness (QED) is 0.190. The number of aromatic nitrogens is 1. The van der Waals surface area contributed by atoms with Gasteiger partial charge in [0.15, 0.2) is 0 Å². The van der Waals surface area contributed by atoms with Gasteiger partial charge in [0.25, 0.3) is 0 Å². The second-order valence-electron chi connectivity index (χ2n) is 19.4. The van der Waals surface area contributed by atoms with Gasteiger partial charge in [0, 0.05) is 43.4 Å². The van der Waals surface area contributed by atoms with Gasteiger partial charge in [0.1, 0.15) is 18.0 Å². The van der Waals surface area contributed by atoms with Crippen LogP contribution in [0.3, 0.4) is 0 Å². The number of rotatable bonds is 10. The van der Waals surface area contributed by atoms with Gasteiger partial charge < -0.3 is 19.3 Å². The van der Waals surface area contributed by atoms with Gasteiger partial charge in [-0.15, -0.1) is 6.58 Å². The van der Waals surface area contributed by atoms with Crippen LogP contribution in [0.2, 0.25) is 0 Å². The van der Waals surface area contributed by atoms with Gasteiger partial charge in [-0.05, 0) is 166 Å². The second kappa shape index (κ2) is 15.1. The van der Waals surface area contributed by atoms with E-state index in [-0.39, 0.29) is 41.0 Å². The number of carbonyl (C=O) groups excluding carboxylic acids is 2. The van der Waals surface area contributed by atoms with Crippen LogP contribution in [0, 0.1) is 58.2 Å². The van der Waals surface area contributed by atoms with E-state index in [1.54, 1.807) is 14.0 Å². The van der Waals surface area contributed by atoms with E-state index >= 15 is 0 Å². The number of hydrogen-bond donors (Lipinski definition) is 1. The molecule has 4 saturated carbocycles. The zero-order valence-corrected chi connectivity index (χ0v) is 34.3. The largest absolute Gasteiger partial charge is 0.497 e. The smallest absolute Gasteiger partial charge is 0.302 e. The highest BCUT2D eigenvalue weighted by Crippen LogP contribution is 2.69. The minimum absolute atomic E-state index is 0.0276. The van der Waals surface area contributed by atoms with Crippen molar-refractivity contribution in [3.63, 3.8) is 0 Å². The summed E-state index contributed by atoms with van der Waals surface area (Å²) in [5.74, 6) is 4.45. The van der Waals surface area contributed by atoms with Crippen LogP contribution in [0.5, 0.6) is 5.75 Å². The molecule has 0 spiro atoms. The third kappa shape index (κ3) is 6.93. The highest BCUT2D eigenvalue weighted by atomic mass is 16.5. The Labute approximate surface area is 329 Å². The number of hydrogen-bond acceptors (Lipinski definition) is 8. The molecular formula is C47H66N2O6. The lowest BCUT2D eigenvalue weighted by Crippen LogP contribution is -2.59. The Kier molecular flexibility index (Phi) is 10.7. The van der Waals surface area contributed by atoms with Gasteiger partial charge in [-0.25, -0.2) is 0 Å². The fourth-order valence-corrected chi connectivity index (χ4v) is 14.1. The molecular weight excluding hydrogens is 689 g/mol. The zero-order valence-electron chi connectivity index (χ0n) is 34.3. The molecule has 2 bridgehead atoms. The Hall–Kier alpha value is -2.97. The van der Waals surface area contributed by atoms with Crippen molar-refractivity contribution >= 4 is 22.8 Å². The second-order valence-corrected chi connectivity index (χ2v) is 19.4. The number of carbonyl (C=O) groups is 2. The van der Waals surface area contributed by atoms with E-state index < -0.39 is 6.10 Å². The molecule has 1 aromatic heterocycles. The number of piperidine rings is 3. The Bertz CT molecular complexity index is 1780. The highest BCUT2D eigenvalue weighted by Gasteiger charge is 2.64. The predicted molar refractivity (Wildman–Crippen MR) is 214 cm³/mol. The minimum Gasteiger partial charge on any atom is -0.497 e. The first-order valence-corrected chi connectivity index (χ1v) is 21.7. The molecule has 3 aliphatic heterocycles. The summed E-state index contributed by atoms with van der Waals surface area (Å²) in [6.45, 7) is 16.8. The van der Waals surface area contributed by atoms with E-state index in [0.717, 1.165) is 85.9 Å². The van der Waals surface area contributed by atoms with E-state index in [2.05, 4.69) is 56.5 Å². The van der Waals surface area contributed by atoms with Crippen molar-refractivity contribution in [3.8, 4) is 5.75 Å². The van der Waals surface area contributed by atoms with Crippen molar-refractivity contribution in [3.05, 3.63) is 48.2 Å². The fraction of sp³-hybridized carbons (Fsp3) is 0.723. The van der Waals surface area contributed by atoms with Crippen molar-refractivity contribution in [2.45, 2.75) is 136 Å². The molecule has 7 aliphatic rings. The average molecular weight is 755 g/mol. The summed E-state index contributed by atoms with van der Waals surface area (Å²) >= 11 is 0. The first kappa shape index (κ1) is 38.9. The van der Waals surface area contributed by atoms with Crippen LogP contribution in [-0.2, 0) is 25.5 Å². The van der Waals surface area contributed by atoms with Crippen molar-refractivity contribution in [2.75, 3.05) is 20.2 Å². The molecule has 8 nitrogen and oxygen atoms in total. The van der Waals surface area contributed by atoms with Crippen LogP contribution in [0.15, 0.2) is 36.9 Å². The van der Waals surface area contributed by atoms with Gasteiger partial charge in [0.05, 0.1) is 18.7 Å². The van der Waals surface area contributed by atoms with Gasteiger partial charge in [-0.1, -0.05) is 26.8 Å². The van der Waals surface area contributed by atoms with Gasteiger partial charge in [-0.2, -0.15) is 0 Å². The molecule has 0 amide bonds. The number of ether oxygens (including phenoxy) is 3. The number of esters is 2. The third-order valence-electron chi connectivity index (χ3n) is 16.8. The van der Waals surface area contributed by atoms with Crippen LogP contribution in [-0.4, -0.2) is 65.4 Å². The van der Waals surface area contributed by atoms with E-state index in [9.17, 15) is 14.7 Å². The summed E-state index contributed by atoms with van der Waals surface area (Å²) in [6.07, 6.45) is 14.1. The van der Waals surface area contributed by atoms with Crippen LogP contribution in [0.25, 0.3) is 10.9 Å². The Morgan fingerprint density at radius 1 is 1.00 bits per heavy atom. The number of nitrogens with zero attached hydrogens (tertiary/aromatic N) is 2. The van der Waals surface area contributed by atoms with Gasteiger partial charge >= 0.3 is 11.9 Å². The number of aryl methyl sites for hydroxylation is 1. The maximum atomic E-state index is 12.6. The first-order valence-electron chi connectivity index (χ1n) is 21.7. The number of methoxy groups -OCH3 is 1. The molecule has 3 saturated heterocycles. The molecule has 2 aromatic rings. The lowest BCUT2D eigenvalue weighted by molar-refractivity contribution is -0.197. The Balaban J connectivity index is 1.01. The molecule has 7 fully saturated rings. The molecule has 0 radical (unpaired) electrons. The number of aliphatic hydroxyl groups is 1. The Morgan fingerprint density at radius 3 is 2.47 bits per heavy atom. The molecule has 300 valence electrons. The summed E-state index contributed by atoms with van der Waals surface area (Å²) in [5.41, 5.74) is 3.34. The van der Waals surface area contributed by atoms with Crippen molar-refractivity contribution < 1.29 is 28.9 Å². The molecule has 9 rings (SSSR count). The molecule has 8 heteroatoms. The standard InChI is InChI=1S/C47H66N2O6/c1-8-30-26-49-20-17-31(30)21-42(49)45(52)37-24-33(48-41-14-11-34(53-7)25-36(37)41)10-9-27(2)38-12-13-39-44-40(16-19-47(38,39)6)46(5)18-15-35(54-28(3)50)22-32(46)23-43(44)55-29(4)51/h8,11,14,24-25,27,30-32,35,38-40,42-45,52H,1,9-10,12-13,15-23,26H2,2-7H3/t27-,30+,31+,32+,35-,38-,39+,40+,42+,43-,44+,45+,46+,47-/m1/s1. The Morgan fingerprint density at radius 2 is 1.76 bits per heavy atom. The van der Waals surface area contributed by atoms with E-state index in [1.807, 2.05) is 6.07 Å². The first-order chi connectivity index (χ1) is 26.3. The number of aliphatic hydroxyl groups excluding tert-OH is 1. The SMILES string of the molecule is C=C[C@H]1CN2CC[C@H]1C[C@H]2[C@@H](O)c1cc(CC[C@@H](C)[C@H]2CC[C@H]3[C@@H]4[C@H](OC(C)=O)C[C@@H]5C[C@H](OC(C)=O)CC[C@]5(C)[C@H]4CC[C@]23C)nc2ccc(OC)cc12. The molecule has 4 aliphatic carbocycles. The highest BCUT2D eigenvalue weighted by molar-refractivity contribution is 5.84. The van der Waals surface area contributed by atoms with Crippen LogP contribution in [0.4, 0.5) is 0 Å². The molecule has 55 heavy (non-hydrogen) atoms. The fourth-order valence-electron chi connectivity index (χ4n) is 14.1. The molecule has 1 aromatic carbocycles. The van der Waals surface area contributed by atoms with Crippen molar-refractivity contribution in [1.29, 1.82) is 0 Å². The van der Waals surface area contributed by atoms with E-state index in [4.69, 9.17) is 19.2 Å². The van der Waals surface area contributed by atoms with Crippen molar-refractivity contribution in [2.24, 2.45) is 58.2 Å². The lowest BCUT2D eigenvalue weighted by Gasteiger charge is -2.62.